The number of nitrogens with zero attached hydrogens (tertiary/aromatic N) is 1. The maximum atomic E-state index is 12.7. The molecule has 1 fully saturated rings. The molecule has 5 nitrogen and oxygen atoms in total. The van der Waals surface area contributed by atoms with Gasteiger partial charge in [-0.05, 0) is 69.1 Å². The lowest BCUT2D eigenvalue weighted by atomic mass is 9.65. The lowest BCUT2D eigenvalue weighted by molar-refractivity contribution is -0.149. The Bertz CT molecular complexity index is 606. The molecule has 0 aliphatic carbocycles. The molecule has 0 spiro atoms. The van der Waals surface area contributed by atoms with E-state index in [9.17, 15) is 4.79 Å². The number of carbonyl (C=O) groups excluding carboxylic acids is 1. The summed E-state index contributed by atoms with van der Waals surface area (Å²) in [6.07, 6.45) is 3.73. The predicted octanol–water partition coefficient (Wildman–Crippen LogP) is 3.76. The quantitative estimate of drug-likeness (QED) is 0.559. The first-order valence-electron chi connectivity index (χ1n) is 8.16. The van der Waals surface area contributed by atoms with Crippen LogP contribution >= 0.6 is 15.9 Å². The van der Waals surface area contributed by atoms with Crippen molar-refractivity contribution >= 4 is 29.0 Å². The van der Waals surface area contributed by atoms with Crippen LogP contribution in [0.4, 0.5) is 0 Å². The molecule has 1 aliphatic heterocycles. The first kappa shape index (κ1) is 19.4. The van der Waals surface area contributed by atoms with Crippen molar-refractivity contribution in [2.75, 3.05) is 6.61 Å². The Morgan fingerprint density at radius 2 is 1.88 bits per heavy atom. The molecule has 7 heteroatoms. The summed E-state index contributed by atoms with van der Waals surface area (Å²) in [5.41, 5.74) is -1.02. The Labute approximate surface area is 152 Å². The summed E-state index contributed by atoms with van der Waals surface area (Å²) < 4.78 is 18.3. The summed E-state index contributed by atoms with van der Waals surface area (Å²) in [6, 6.07) is 1.88. The highest BCUT2D eigenvalue weighted by Crippen LogP contribution is 2.42. The standard InChI is InChI=1S/C17H25BBrNO4/c1-7-22-14(21)17(6,12-8-13(19)10-20-9-12)11-18-23-15(2,3)16(4,5)24-18/h8-10H,7,11H2,1-6H3. The van der Waals surface area contributed by atoms with Crippen molar-refractivity contribution in [1.82, 2.24) is 4.98 Å². The Balaban J connectivity index is 2.33. The third kappa shape index (κ3) is 3.68. The SMILES string of the molecule is CCOC(=O)C(C)(CB1OC(C)(C)C(C)(C)O1)c1cncc(Br)c1. The summed E-state index contributed by atoms with van der Waals surface area (Å²) in [5.74, 6) is -0.306. The Hall–Kier alpha value is -0.915. The van der Waals surface area contributed by atoms with Crippen LogP contribution in [0.2, 0.25) is 6.32 Å². The first-order chi connectivity index (χ1) is 11.0. The topological polar surface area (TPSA) is 57.7 Å². The number of hydrogen-bond donors (Lipinski definition) is 0. The van der Waals surface area contributed by atoms with E-state index in [2.05, 4.69) is 20.9 Å². The van der Waals surface area contributed by atoms with Crippen molar-refractivity contribution in [3.05, 3.63) is 28.5 Å². The van der Waals surface area contributed by atoms with E-state index in [1.807, 2.05) is 40.7 Å². The second-order valence-electron chi connectivity index (χ2n) is 7.33. The van der Waals surface area contributed by atoms with Crippen LogP contribution in [-0.4, -0.2) is 35.9 Å². The fourth-order valence-electron chi connectivity index (χ4n) is 2.70. The number of carbonyl (C=O) groups is 1. The van der Waals surface area contributed by atoms with Gasteiger partial charge in [-0.15, -0.1) is 0 Å². The van der Waals surface area contributed by atoms with Crippen molar-refractivity contribution < 1.29 is 18.8 Å². The molecule has 2 heterocycles. The zero-order valence-corrected chi connectivity index (χ0v) is 16.8. The number of hydrogen-bond acceptors (Lipinski definition) is 5. The lowest BCUT2D eigenvalue weighted by Gasteiger charge is -2.32. The molecule has 1 atom stereocenters. The van der Waals surface area contributed by atoms with Gasteiger partial charge in [-0.2, -0.15) is 0 Å². The normalized spacial score (nSPS) is 21.4. The molecule has 1 aromatic rings. The van der Waals surface area contributed by atoms with Crippen LogP contribution in [0.5, 0.6) is 0 Å². The van der Waals surface area contributed by atoms with Crippen LogP contribution < -0.4 is 0 Å². The van der Waals surface area contributed by atoms with Gasteiger partial charge in [0.05, 0.1) is 23.2 Å². The number of ether oxygens (including phenoxy) is 1. The van der Waals surface area contributed by atoms with Crippen LogP contribution in [0, 0.1) is 0 Å². The van der Waals surface area contributed by atoms with Gasteiger partial charge in [-0.25, -0.2) is 0 Å². The van der Waals surface area contributed by atoms with Gasteiger partial charge >= 0.3 is 13.1 Å². The first-order valence-corrected chi connectivity index (χ1v) is 8.95. The molecule has 1 saturated heterocycles. The highest BCUT2D eigenvalue weighted by Gasteiger charge is 2.54. The number of rotatable bonds is 5. The van der Waals surface area contributed by atoms with E-state index >= 15 is 0 Å². The Morgan fingerprint density at radius 1 is 1.29 bits per heavy atom. The second kappa shape index (κ2) is 6.77. The van der Waals surface area contributed by atoms with Crippen molar-refractivity contribution in [1.29, 1.82) is 0 Å². The molecule has 1 aliphatic rings. The van der Waals surface area contributed by atoms with Gasteiger partial charge in [0.15, 0.2) is 0 Å². The molecular formula is C17H25BBrNO4. The molecule has 0 amide bonds. The van der Waals surface area contributed by atoms with E-state index in [1.54, 1.807) is 19.3 Å². The number of halogens is 1. The molecule has 0 radical (unpaired) electrons. The summed E-state index contributed by atoms with van der Waals surface area (Å²) in [5, 5.41) is 0. The van der Waals surface area contributed by atoms with Gasteiger partial charge in [-0.1, -0.05) is 0 Å². The maximum Gasteiger partial charge on any atom is 0.459 e. The van der Waals surface area contributed by atoms with E-state index in [1.165, 1.54) is 0 Å². The number of esters is 1. The minimum atomic E-state index is -0.909. The average molecular weight is 398 g/mol. The van der Waals surface area contributed by atoms with Gasteiger partial charge in [0.2, 0.25) is 0 Å². The maximum absolute atomic E-state index is 12.7. The molecule has 1 aromatic heterocycles. The highest BCUT2D eigenvalue weighted by atomic mass is 79.9. The molecule has 0 saturated carbocycles. The largest absolute Gasteiger partial charge is 0.465 e. The monoisotopic (exact) mass is 397 g/mol. The zero-order valence-electron chi connectivity index (χ0n) is 15.2. The van der Waals surface area contributed by atoms with Gasteiger partial charge in [0.1, 0.15) is 0 Å². The third-order valence-electron chi connectivity index (χ3n) is 4.94. The van der Waals surface area contributed by atoms with Gasteiger partial charge < -0.3 is 14.0 Å². The molecule has 132 valence electrons. The third-order valence-corrected chi connectivity index (χ3v) is 5.38. The summed E-state index contributed by atoms with van der Waals surface area (Å²) in [4.78, 5) is 16.9. The Morgan fingerprint density at radius 3 is 2.38 bits per heavy atom. The van der Waals surface area contributed by atoms with Gasteiger partial charge in [0, 0.05) is 23.2 Å². The van der Waals surface area contributed by atoms with Crippen LogP contribution in [0.15, 0.2) is 22.9 Å². The number of pyridine rings is 1. The Kier molecular flexibility index (Phi) is 5.47. The van der Waals surface area contributed by atoms with Crippen LogP contribution in [0.3, 0.4) is 0 Å². The molecular weight excluding hydrogens is 373 g/mol. The minimum Gasteiger partial charge on any atom is -0.465 e. The average Bonchev–Trinajstić information content (AvgIpc) is 2.66. The summed E-state index contributed by atoms with van der Waals surface area (Å²) >= 11 is 3.41. The number of aromatic nitrogens is 1. The van der Waals surface area contributed by atoms with E-state index in [-0.39, 0.29) is 5.97 Å². The van der Waals surface area contributed by atoms with Crippen molar-refractivity contribution in [3.63, 3.8) is 0 Å². The molecule has 2 rings (SSSR count). The molecule has 0 aromatic carbocycles. The fraction of sp³-hybridized carbons (Fsp3) is 0.647. The van der Waals surface area contributed by atoms with E-state index in [0.29, 0.717) is 12.9 Å². The van der Waals surface area contributed by atoms with Crippen molar-refractivity contribution in [2.45, 2.75) is 64.5 Å². The smallest absolute Gasteiger partial charge is 0.459 e. The van der Waals surface area contributed by atoms with Gasteiger partial charge in [0.25, 0.3) is 0 Å². The van der Waals surface area contributed by atoms with Crippen LogP contribution in [0.1, 0.15) is 47.1 Å². The summed E-state index contributed by atoms with van der Waals surface area (Å²) in [7, 11) is -0.497. The molecule has 1 unspecified atom stereocenters. The van der Waals surface area contributed by atoms with E-state index in [0.717, 1.165) is 10.0 Å². The lowest BCUT2D eigenvalue weighted by Crippen LogP contribution is -2.41. The van der Waals surface area contributed by atoms with Crippen molar-refractivity contribution in [2.24, 2.45) is 0 Å². The molecule has 24 heavy (non-hydrogen) atoms. The zero-order chi connectivity index (χ0) is 18.2. The van der Waals surface area contributed by atoms with E-state index < -0.39 is 23.7 Å². The van der Waals surface area contributed by atoms with Crippen LogP contribution in [0.25, 0.3) is 0 Å². The minimum absolute atomic E-state index is 0.306. The van der Waals surface area contributed by atoms with E-state index in [4.69, 9.17) is 14.0 Å². The fourth-order valence-corrected chi connectivity index (χ4v) is 3.07. The molecule has 0 bridgehead atoms. The highest BCUT2D eigenvalue weighted by molar-refractivity contribution is 9.10. The summed E-state index contributed by atoms with van der Waals surface area (Å²) in [6.45, 7) is 11.9. The van der Waals surface area contributed by atoms with Gasteiger partial charge in [-0.3, -0.25) is 9.78 Å². The molecule has 0 N–H and O–H groups in total. The predicted molar refractivity (Wildman–Crippen MR) is 96.8 cm³/mol. The van der Waals surface area contributed by atoms with Crippen molar-refractivity contribution in [3.8, 4) is 0 Å². The van der Waals surface area contributed by atoms with Crippen LogP contribution in [-0.2, 0) is 24.3 Å². The second-order valence-corrected chi connectivity index (χ2v) is 8.25.